The van der Waals surface area contributed by atoms with E-state index in [1.165, 1.54) is 32.6 Å². The molecule has 21 aromatic rings. The largest absolute Gasteiger partial charge is 0.308 e. The second kappa shape index (κ2) is 27.2. The summed E-state index contributed by atoms with van der Waals surface area (Å²) < 4.78 is 8.06. The van der Waals surface area contributed by atoms with Gasteiger partial charge in [-0.3, -0.25) is 15.0 Å². The SMILES string of the molecule is Brc1cccc(-c2nc(-c3ccccc3)nc(-c3ccccc3)n2)c1.[C+]1=Cc2[nH]c3c(cnc4c3ccc3c5ccccc5n(-c5ccccc5)c34)c2C=C1.c1ccc(-c2nc(-c3ccccc3)nc(-c3cccc(-n4c5ccccc5c5cnc6c(ccc7c8ccccc8n(-c8ccccc8)c76)c54)c3)n2)cc1. The molecule has 22 rings (SSSR count). The van der Waals surface area contributed by atoms with E-state index in [1.54, 1.807) is 0 Å². The van der Waals surface area contributed by atoms with Crippen molar-refractivity contribution in [1.82, 2.24) is 58.6 Å². The zero-order valence-corrected chi connectivity index (χ0v) is 59.9. The van der Waals surface area contributed by atoms with Crippen molar-refractivity contribution in [3.8, 4) is 85.4 Å². The number of fused-ring (bicyclic) bond motifs is 18. The lowest BCUT2D eigenvalue weighted by Gasteiger charge is -2.13. The molecule has 510 valence electrons. The van der Waals surface area contributed by atoms with Gasteiger partial charge in [-0.2, -0.15) is 0 Å². The van der Waals surface area contributed by atoms with Crippen molar-refractivity contribution in [2.45, 2.75) is 0 Å². The normalized spacial score (nSPS) is 11.8. The highest BCUT2D eigenvalue weighted by Crippen LogP contribution is 2.44. The van der Waals surface area contributed by atoms with Crippen molar-refractivity contribution < 1.29 is 0 Å². The minimum Gasteiger partial charge on any atom is -0.308 e. The van der Waals surface area contributed by atoms with Gasteiger partial charge in [-0.05, 0) is 78.9 Å². The molecule has 12 nitrogen and oxygen atoms in total. The van der Waals surface area contributed by atoms with Gasteiger partial charge < -0.3 is 13.7 Å². The minimum atomic E-state index is 0.617. The molecule has 13 aromatic carbocycles. The first-order chi connectivity index (χ1) is 54.0. The van der Waals surface area contributed by atoms with Crippen LogP contribution < -0.4 is 0 Å². The van der Waals surface area contributed by atoms with Crippen LogP contribution in [-0.2, 0) is 0 Å². The molecule has 8 aromatic heterocycles. The number of nitrogens with one attached hydrogen (secondary N) is 1. The van der Waals surface area contributed by atoms with Crippen LogP contribution in [0.1, 0.15) is 11.3 Å². The van der Waals surface area contributed by atoms with Crippen molar-refractivity contribution in [3.63, 3.8) is 0 Å². The van der Waals surface area contributed by atoms with E-state index in [0.717, 1.165) is 132 Å². The number of hydrogen-bond acceptors (Lipinski definition) is 8. The molecule has 13 heteroatoms. The molecule has 0 spiro atoms. The Balaban J connectivity index is 0.000000119. The summed E-state index contributed by atoms with van der Waals surface area (Å²) >= 11 is 3.52. The van der Waals surface area contributed by atoms with Gasteiger partial charge in [0, 0.05) is 116 Å². The smallest absolute Gasteiger partial charge is 0.164 e. The van der Waals surface area contributed by atoms with E-state index in [9.17, 15) is 0 Å². The number of benzene rings is 13. The number of H-pyrrole nitrogens is 1. The van der Waals surface area contributed by atoms with Crippen molar-refractivity contribution in [1.29, 1.82) is 0 Å². The molecule has 8 heterocycles. The van der Waals surface area contributed by atoms with E-state index in [2.05, 4.69) is 240 Å². The second-order valence-electron chi connectivity index (χ2n) is 26.7. The van der Waals surface area contributed by atoms with E-state index in [1.807, 2.05) is 164 Å². The fourth-order valence-corrected chi connectivity index (χ4v) is 15.8. The van der Waals surface area contributed by atoms with E-state index in [4.69, 9.17) is 34.9 Å². The third kappa shape index (κ3) is 11.5. The average Bonchev–Trinajstić information content (AvgIpc) is 1.56. The highest BCUT2D eigenvalue weighted by molar-refractivity contribution is 9.10. The molecule has 0 radical (unpaired) electrons. The van der Waals surface area contributed by atoms with Crippen LogP contribution >= 0.6 is 15.9 Å². The maximum absolute atomic E-state index is 5.26. The fraction of sp³-hybridized carbons (Fsp3) is 0. The Morgan fingerprint density at radius 1 is 0.284 bits per heavy atom. The molecule has 0 aliphatic heterocycles. The Hall–Kier alpha value is -14.5. The van der Waals surface area contributed by atoms with Crippen LogP contribution in [0.3, 0.4) is 0 Å². The summed E-state index contributed by atoms with van der Waals surface area (Å²) in [6, 6.07) is 113. The van der Waals surface area contributed by atoms with E-state index < -0.39 is 0 Å². The predicted molar refractivity (Wildman–Crippen MR) is 449 cm³/mol. The summed E-state index contributed by atoms with van der Waals surface area (Å²) in [6.45, 7) is 0. The first kappa shape index (κ1) is 64.1. The Labute approximate surface area is 633 Å². The van der Waals surface area contributed by atoms with Gasteiger partial charge >= 0.3 is 0 Å². The Morgan fingerprint density at radius 3 is 1.12 bits per heavy atom. The lowest BCUT2D eigenvalue weighted by Crippen LogP contribution is -2.01. The molecule has 0 bridgehead atoms. The van der Waals surface area contributed by atoms with Crippen molar-refractivity contribution >= 4 is 126 Å². The van der Waals surface area contributed by atoms with Crippen LogP contribution in [-0.4, -0.2) is 58.6 Å². The monoisotopic (exact) mass is 1460 g/mol. The topological polar surface area (TPSA) is 134 Å². The molecule has 0 atom stereocenters. The molecule has 1 aliphatic rings. The zero-order valence-electron chi connectivity index (χ0n) is 58.4. The predicted octanol–water partition coefficient (Wildman–Crippen LogP) is 23.9. The van der Waals surface area contributed by atoms with Crippen LogP contribution in [0.15, 0.2) is 351 Å². The van der Waals surface area contributed by atoms with E-state index in [-0.39, 0.29) is 0 Å². The molecule has 0 saturated carbocycles. The number of rotatable bonds is 9. The van der Waals surface area contributed by atoms with Crippen molar-refractivity contribution in [3.05, 3.63) is 368 Å². The van der Waals surface area contributed by atoms with Gasteiger partial charge in [0.2, 0.25) is 0 Å². The van der Waals surface area contributed by atoms with Crippen molar-refractivity contribution in [2.75, 3.05) is 0 Å². The Bertz CT molecular complexity index is 7040. The highest BCUT2D eigenvalue weighted by Gasteiger charge is 2.25. The van der Waals surface area contributed by atoms with Crippen LogP contribution in [0.5, 0.6) is 0 Å². The number of para-hydroxylation sites is 5. The fourth-order valence-electron chi connectivity index (χ4n) is 15.4. The standard InChI is InChI=1S/C48H30N6.C27H16N3.C21H14BrN3/c1-4-15-31(16-5-1)46-50-47(32-17-6-2-7-18-32)52-48(51-46)33-19-14-22-35(29-33)54-42-26-13-11-24-37(42)40-30-49-43-39(44(40)54)28-27-38-36-23-10-12-25-41(36)53(45(38)43)34-20-8-3-9-21-34;1-2-8-17(9-3-1)30-24-13-7-5-11-19(24)20-14-15-21-25-22(16-28-26(21)27(20)30)18-10-4-6-12-23(18)29-25;22-18-13-7-12-17(14-18)21-24-19(15-8-3-1-4-9-15)23-20(25-21)16-10-5-2-6-11-16/h1-30H;1-5,7-16,29H;1-14H/q;+1;. The molecule has 0 amide bonds. The maximum Gasteiger partial charge on any atom is 0.164 e. The van der Waals surface area contributed by atoms with Crippen LogP contribution in [0.25, 0.3) is 196 Å². The summed E-state index contributed by atoms with van der Waals surface area (Å²) in [5, 5.41) is 10.5. The first-order valence-corrected chi connectivity index (χ1v) is 36.9. The van der Waals surface area contributed by atoms with Gasteiger partial charge in [-0.25, -0.2) is 29.9 Å². The van der Waals surface area contributed by atoms with Gasteiger partial charge in [0.15, 0.2) is 40.6 Å². The quantitative estimate of drug-likeness (QED) is 0.141. The minimum absolute atomic E-state index is 0.617. The molecule has 0 saturated heterocycles. The number of aromatic nitrogens is 12. The van der Waals surface area contributed by atoms with Crippen LogP contribution in [0.2, 0.25) is 0 Å². The molecule has 1 aliphatic carbocycles. The highest BCUT2D eigenvalue weighted by atomic mass is 79.9. The number of hydrogen-bond donors (Lipinski definition) is 1. The molecule has 0 unspecified atom stereocenters. The lowest BCUT2D eigenvalue weighted by molar-refractivity contribution is 1.07. The number of allylic oxidation sites excluding steroid dienone is 2. The van der Waals surface area contributed by atoms with Crippen molar-refractivity contribution in [2.24, 2.45) is 0 Å². The van der Waals surface area contributed by atoms with Gasteiger partial charge in [0.25, 0.3) is 0 Å². The third-order valence-corrected chi connectivity index (χ3v) is 20.8. The molecular weight excluding hydrogens is 1400 g/mol. The average molecular weight is 1460 g/mol. The number of halogens is 1. The van der Waals surface area contributed by atoms with Gasteiger partial charge in [0.05, 0.1) is 61.1 Å². The zero-order chi connectivity index (χ0) is 72.3. The molecule has 0 fully saturated rings. The Kier molecular flexibility index (Phi) is 16.0. The van der Waals surface area contributed by atoms with Crippen LogP contribution in [0, 0.1) is 6.08 Å². The lowest BCUT2D eigenvalue weighted by atomic mass is 10.1. The van der Waals surface area contributed by atoms with Gasteiger partial charge in [-0.1, -0.05) is 265 Å². The summed E-state index contributed by atoms with van der Waals surface area (Å²) in [4.78, 5) is 42.9. The van der Waals surface area contributed by atoms with Gasteiger partial charge in [0.1, 0.15) is 17.7 Å². The summed E-state index contributed by atoms with van der Waals surface area (Å²) in [5.74, 6) is 3.89. The number of pyridine rings is 2. The first-order valence-electron chi connectivity index (χ1n) is 36.1. The number of nitrogens with zero attached hydrogens (tertiary/aromatic N) is 11. The summed E-state index contributed by atoms with van der Waals surface area (Å²) in [5.41, 5.74) is 21.1. The summed E-state index contributed by atoms with van der Waals surface area (Å²) in [6.07, 6.45) is 13.3. The van der Waals surface area contributed by atoms with E-state index >= 15 is 0 Å². The molecular formula is C96H60BrN12+. The third-order valence-electron chi connectivity index (χ3n) is 20.3. The Morgan fingerprint density at radius 2 is 0.642 bits per heavy atom. The van der Waals surface area contributed by atoms with Crippen LogP contribution in [0.4, 0.5) is 0 Å². The molecule has 1 N–H and O–H groups in total. The van der Waals surface area contributed by atoms with Gasteiger partial charge in [-0.15, -0.1) is 0 Å². The second-order valence-corrected chi connectivity index (χ2v) is 27.7. The number of aromatic amines is 1. The summed E-state index contributed by atoms with van der Waals surface area (Å²) in [7, 11) is 0. The molecule has 109 heavy (non-hydrogen) atoms. The maximum atomic E-state index is 5.26. The van der Waals surface area contributed by atoms with E-state index in [0.29, 0.717) is 34.9 Å².